The number of fused-ring (bicyclic) bond motifs is 1. The molecule has 0 radical (unpaired) electrons. The summed E-state index contributed by atoms with van der Waals surface area (Å²) in [6.07, 6.45) is 1.31. The summed E-state index contributed by atoms with van der Waals surface area (Å²) < 4.78 is 0. The minimum Gasteiger partial charge on any atom is -0.356 e. The highest BCUT2D eigenvalue weighted by Gasteiger charge is 2.24. The Morgan fingerprint density at radius 1 is 1.20 bits per heavy atom. The zero-order valence-corrected chi connectivity index (χ0v) is 12.3. The molecule has 0 saturated carbocycles. The van der Waals surface area contributed by atoms with Crippen LogP contribution < -0.4 is 10.6 Å². The monoisotopic (exact) mass is 269 g/mol. The van der Waals surface area contributed by atoms with E-state index in [0.717, 1.165) is 41.8 Å². The van der Waals surface area contributed by atoms with Gasteiger partial charge in [0.25, 0.3) is 0 Å². The van der Waals surface area contributed by atoms with Crippen molar-refractivity contribution < 1.29 is 0 Å². The minimum absolute atomic E-state index is 0.548. The smallest absolute Gasteiger partial charge is 0.133 e. The molecule has 1 saturated heterocycles. The molecule has 3 heteroatoms. The standard InChI is InChI=1S/C17H23N3/c1-12-7-13(2)11-20(10-12)17-15(9-18)8-14-5-3-4-6-16(14)19-17/h3-6,8,12-13H,7,9-11,18H2,1-2H3. The van der Waals surface area contributed by atoms with Gasteiger partial charge in [0, 0.05) is 30.6 Å². The van der Waals surface area contributed by atoms with Gasteiger partial charge in [0.2, 0.25) is 0 Å². The number of rotatable bonds is 2. The zero-order valence-electron chi connectivity index (χ0n) is 12.3. The maximum absolute atomic E-state index is 5.95. The van der Waals surface area contributed by atoms with Crippen molar-refractivity contribution in [3.8, 4) is 0 Å². The molecular weight excluding hydrogens is 246 g/mol. The lowest BCUT2D eigenvalue weighted by Crippen LogP contribution is -2.39. The van der Waals surface area contributed by atoms with Crippen LogP contribution in [0.3, 0.4) is 0 Å². The predicted octanol–water partition coefficient (Wildman–Crippen LogP) is 3.18. The molecule has 1 aromatic heterocycles. The van der Waals surface area contributed by atoms with Gasteiger partial charge in [-0.05, 0) is 30.4 Å². The van der Waals surface area contributed by atoms with Crippen molar-refractivity contribution >= 4 is 16.7 Å². The van der Waals surface area contributed by atoms with E-state index in [9.17, 15) is 0 Å². The maximum atomic E-state index is 5.95. The number of piperidine rings is 1. The highest BCUT2D eigenvalue weighted by molar-refractivity contribution is 5.81. The van der Waals surface area contributed by atoms with E-state index in [1.165, 1.54) is 11.8 Å². The van der Waals surface area contributed by atoms with Crippen LogP contribution in [0.4, 0.5) is 5.82 Å². The van der Waals surface area contributed by atoms with E-state index in [-0.39, 0.29) is 0 Å². The summed E-state index contributed by atoms with van der Waals surface area (Å²) in [5.74, 6) is 2.53. The molecule has 1 aromatic carbocycles. The summed E-state index contributed by atoms with van der Waals surface area (Å²) in [5.41, 5.74) is 8.17. The number of nitrogens with zero attached hydrogens (tertiary/aromatic N) is 2. The van der Waals surface area contributed by atoms with Gasteiger partial charge >= 0.3 is 0 Å². The van der Waals surface area contributed by atoms with Gasteiger partial charge in [0.1, 0.15) is 5.82 Å². The molecule has 3 rings (SSSR count). The number of pyridine rings is 1. The Labute approximate surface area is 120 Å². The number of para-hydroxylation sites is 1. The summed E-state index contributed by atoms with van der Waals surface area (Å²) in [6.45, 7) is 7.37. The lowest BCUT2D eigenvalue weighted by molar-refractivity contribution is 0.355. The first-order valence-corrected chi connectivity index (χ1v) is 7.51. The summed E-state index contributed by atoms with van der Waals surface area (Å²) in [6, 6.07) is 10.5. The van der Waals surface area contributed by atoms with Gasteiger partial charge < -0.3 is 10.6 Å². The van der Waals surface area contributed by atoms with Gasteiger partial charge in [0.05, 0.1) is 5.52 Å². The molecule has 106 valence electrons. The fourth-order valence-corrected chi connectivity index (χ4v) is 3.41. The Hall–Kier alpha value is -1.61. The van der Waals surface area contributed by atoms with Gasteiger partial charge in [-0.15, -0.1) is 0 Å². The molecule has 1 aliphatic heterocycles. The third-order valence-corrected chi connectivity index (χ3v) is 4.17. The highest BCUT2D eigenvalue weighted by Crippen LogP contribution is 2.29. The second-order valence-corrected chi connectivity index (χ2v) is 6.22. The predicted molar refractivity (Wildman–Crippen MR) is 84.8 cm³/mol. The van der Waals surface area contributed by atoms with Gasteiger partial charge in [0.15, 0.2) is 0 Å². The van der Waals surface area contributed by atoms with Gasteiger partial charge in [-0.1, -0.05) is 32.0 Å². The van der Waals surface area contributed by atoms with E-state index in [1.54, 1.807) is 0 Å². The van der Waals surface area contributed by atoms with E-state index in [2.05, 4.69) is 43.0 Å². The zero-order chi connectivity index (χ0) is 14.1. The minimum atomic E-state index is 0.548. The molecule has 0 aliphatic carbocycles. The third-order valence-electron chi connectivity index (χ3n) is 4.17. The summed E-state index contributed by atoms with van der Waals surface area (Å²) in [5, 5.41) is 1.18. The van der Waals surface area contributed by atoms with Gasteiger partial charge in [-0.2, -0.15) is 0 Å². The number of benzene rings is 1. The van der Waals surface area contributed by atoms with E-state index in [1.807, 2.05) is 6.07 Å². The van der Waals surface area contributed by atoms with Crippen LogP contribution in [0, 0.1) is 11.8 Å². The molecule has 2 heterocycles. The Kier molecular flexibility index (Phi) is 3.62. The maximum Gasteiger partial charge on any atom is 0.133 e. The summed E-state index contributed by atoms with van der Waals surface area (Å²) in [7, 11) is 0. The van der Waals surface area contributed by atoms with E-state index in [0.29, 0.717) is 6.54 Å². The first kappa shape index (κ1) is 13.4. The molecule has 0 bridgehead atoms. The molecule has 1 fully saturated rings. The lowest BCUT2D eigenvalue weighted by Gasteiger charge is -2.36. The van der Waals surface area contributed by atoms with Crippen LogP contribution in [0.5, 0.6) is 0 Å². The van der Waals surface area contributed by atoms with Crippen LogP contribution >= 0.6 is 0 Å². The number of hydrogen-bond acceptors (Lipinski definition) is 3. The molecule has 1 aliphatic rings. The molecule has 20 heavy (non-hydrogen) atoms. The SMILES string of the molecule is CC1CC(C)CN(c2nc3ccccc3cc2CN)C1. The molecule has 3 nitrogen and oxygen atoms in total. The molecule has 2 N–H and O–H groups in total. The van der Waals surface area contributed by atoms with Crippen molar-refractivity contribution in [3.05, 3.63) is 35.9 Å². The molecule has 2 aromatic rings. The molecular formula is C17H23N3. The molecule has 2 atom stereocenters. The van der Waals surface area contributed by atoms with Crippen molar-refractivity contribution in [1.82, 2.24) is 4.98 Å². The van der Waals surface area contributed by atoms with Gasteiger partial charge in [-0.3, -0.25) is 0 Å². The molecule has 0 spiro atoms. The average Bonchev–Trinajstić information content (AvgIpc) is 2.44. The topological polar surface area (TPSA) is 42.2 Å². The van der Waals surface area contributed by atoms with E-state index < -0.39 is 0 Å². The Balaban J connectivity index is 2.04. The normalized spacial score (nSPS) is 23.2. The first-order chi connectivity index (χ1) is 9.67. The van der Waals surface area contributed by atoms with Gasteiger partial charge in [-0.25, -0.2) is 4.98 Å². The number of anilines is 1. The van der Waals surface area contributed by atoms with Crippen LogP contribution in [0.15, 0.2) is 30.3 Å². The van der Waals surface area contributed by atoms with Crippen LogP contribution in [0.2, 0.25) is 0 Å². The van der Waals surface area contributed by atoms with E-state index >= 15 is 0 Å². The fourth-order valence-electron chi connectivity index (χ4n) is 3.41. The number of nitrogens with two attached hydrogens (primary N) is 1. The number of hydrogen-bond donors (Lipinski definition) is 1. The Morgan fingerprint density at radius 3 is 2.60 bits per heavy atom. The average molecular weight is 269 g/mol. The van der Waals surface area contributed by atoms with Crippen molar-refractivity contribution in [3.63, 3.8) is 0 Å². The van der Waals surface area contributed by atoms with Crippen molar-refractivity contribution in [2.45, 2.75) is 26.8 Å². The second-order valence-electron chi connectivity index (χ2n) is 6.22. The van der Waals surface area contributed by atoms with Crippen LogP contribution in [0.1, 0.15) is 25.8 Å². The summed E-state index contributed by atoms with van der Waals surface area (Å²) in [4.78, 5) is 7.31. The van der Waals surface area contributed by atoms with E-state index in [4.69, 9.17) is 10.7 Å². The first-order valence-electron chi connectivity index (χ1n) is 7.51. The fraction of sp³-hybridized carbons (Fsp3) is 0.471. The lowest BCUT2D eigenvalue weighted by atomic mass is 9.91. The van der Waals surface area contributed by atoms with Crippen LogP contribution in [-0.4, -0.2) is 18.1 Å². The molecule has 0 amide bonds. The summed E-state index contributed by atoms with van der Waals surface area (Å²) >= 11 is 0. The Morgan fingerprint density at radius 2 is 1.90 bits per heavy atom. The van der Waals surface area contributed by atoms with Crippen molar-refractivity contribution in [2.75, 3.05) is 18.0 Å². The van der Waals surface area contributed by atoms with Crippen LogP contribution in [-0.2, 0) is 6.54 Å². The van der Waals surface area contributed by atoms with Crippen molar-refractivity contribution in [2.24, 2.45) is 17.6 Å². The molecule has 2 unspecified atom stereocenters. The largest absolute Gasteiger partial charge is 0.356 e. The third kappa shape index (κ3) is 2.50. The van der Waals surface area contributed by atoms with Crippen LogP contribution in [0.25, 0.3) is 10.9 Å². The highest BCUT2D eigenvalue weighted by atomic mass is 15.2. The second kappa shape index (κ2) is 5.41. The Bertz CT molecular complexity index is 598. The number of aromatic nitrogens is 1. The quantitative estimate of drug-likeness (QED) is 0.910. The van der Waals surface area contributed by atoms with Crippen molar-refractivity contribution in [1.29, 1.82) is 0 Å².